The SMILES string of the molecule is C[C@H](NC(=O)Cn1cncn1)C(=O)O. The van der Waals surface area contributed by atoms with E-state index in [4.69, 9.17) is 5.11 Å². The molecule has 0 saturated carbocycles. The van der Waals surface area contributed by atoms with Crippen LogP contribution in [0.4, 0.5) is 0 Å². The van der Waals surface area contributed by atoms with E-state index in [1.807, 2.05) is 0 Å². The van der Waals surface area contributed by atoms with Gasteiger partial charge < -0.3 is 10.4 Å². The van der Waals surface area contributed by atoms with Crippen LogP contribution in [0.3, 0.4) is 0 Å². The number of carboxylic acids is 1. The van der Waals surface area contributed by atoms with Crippen molar-refractivity contribution in [1.82, 2.24) is 20.1 Å². The number of hydrogen-bond acceptors (Lipinski definition) is 4. The van der Waals surface area contributed by atoms with Gasteiger partial charge in [-0.15, -0.1) is 0 Å². The molecule has 0 aliphatic carbocycles. The maximum Gasteiger partial charge on any atom is 0.325 e. The summed E-state index contributed by atoms with van der Waals surface area (Å²) < 4.78 is 1.31. The second-order valence-electron chi connectivity index (χ2n) is 2.72. The molecule has 76 valence electrons. The summed E-state index contributed by atoms with van der Waals surface area (Å²) in [6.07, 6.45) is 2.68. The molecule has 1 atom stereocenters. The van der Waals surface area contributed by atoms with Crippen LogP contribution in [0.15, 0.2) is 12.7 Å². The first-order valence-corrected chi connectivity index (χ1v) is 3.94. The number of nitrogens with zero attached hydrogens (tertiary/aromatic N) is 3. The fourth-order valence-corrected chi connectivity index (χ4v) is 0.810. The Labute approximate surface area is 79.8 Å². The number of nitrogens with one attached hydrogen (secondary N) is 1. The largest absolute Gasteiger partial charge is 0.480 e. The Balaban J connectivity index is 2.40. The molecule has 1 aromatic rings. The minimum absolute atomic E-state index is 0.0301. The van der Waals surface area contributed by atoms with Gasteiger partial charge >= 0.3 is 5.97 Å². The molecule has 0 aliphatic rings. The lowest BCUT2D eigenvalue weighted by molar-refractivity contribution is -0.141. The van der Waals surface area contributed by atoms with Gasteiger partial charge in [0.15, 0.2) is 0 Å². The third kappa shape index (κ3) is 2.85. The molecule has 0 radical (unpaired) electrons. The Morgan fingerprint density at radius 3 is 2.86 bits per heavy atom. The lowest BCUT2D eigenvalue weighted by Gasteiger charge is -2.08. The van der Waals surface area contributed by atoms with Gasteiger partial charge in [0.2, 0.25) is 5.91 Å². The van der Waals surface area contributed by atoms with E-state index in [0.717, 1.165) is 0 Å². The molecule has 0 aliphatic heterocycles. The number of carbonyl (C=O) groups excluding carboxylic acids is 1. The van der Waals surface area contributed by atoms with Crippen molar-refractivity contribution in [3.05, 3.63) is 12.7 Å². The first-order chi connectivity index (χ1) is 6.59. The molecule has 0 aromatic carbocycles. The predicted octanol–water partition coefficient (Wildman–Crippen LogP) is -1.13. The van der Waals surface area contributed by atoms with Crippen LogP contribution < -0.4 is 5.32 Å². The standard InChI is InChI=1S/C7H10N4O3/c1-5(7(13)14)10-6(12)2-11-4-8-3-9-11/h3-5H,2H2,1H3,(H,10,12)(H,13,14)/t5-/m0/s1. The van der Waals surface area contributed by atoms with E-state index in [1.54, 1.807) is 0 Å². The van der Waals surface area contributed by atoms with Crippen LogP contribution >= 0.6 is 0 Å². The number of carbonyl (C=O) groups is 2. The molecule has 1 rings (SSSR count). The highest BCUT2D eigenvalue weighted by atomic mass is 16.4. The van der Waals surface area contributed by atoms with Gasteiger partial charge in [0, 0.05) is 0 Å². The highest BCUT2D eigenvalue weighted by Crippen LogP contribution is 1.84. The third-order valence-electron chi connectivity index (χ3n) is 1.52. The summed E-state index contributed by atoms with van der Waals surface area (Å²) in [5.74, 6) is -1.48. The zero-order valence-corrected chi connectivity index (χ0v) is 7.54. The summed E-state index contributed by atoms with van der Waals surface area (Å²) in [6, 6.07) is -0.897. The Kier molecular flexibility index (Phi) is 3.16. The normalized spacial score (nSPS) is 12.1. The number of carboxylic acid groups (broad SMARTS) is 1. The van der Waals surface area contributed by atoms with Crippen LogP contribution in [0.2, 0.25) is 0 Å². The fourth-order valence-electron chi connectivity index (χ4n) is 0.810. The summed E-state index contributed by atoms with van der Waals surface area (Å²) in [4.78, 5) is 25.2. The fraction of sp³-hybridized carbons (Fsp3) is 0.429. The minimum atomic E-state index is -1.07. The summed E-state index contributed by atoms with van der Waals surface area (Å²) >= 11 is 0. The molecule has 0 spiro atoms. The number of amides is 1. The molecule has 2 N–H and O–H groups in total. The van der Waals surface area contributed by atoms with E-state index in [-0.39, 0.29) is 6.54 Å². The molecule has 7 nitrogen and oxygen atoms in total. The van der Waals surface area contributed by atoms with Gasteiger partial charge in [-0.05, 0) is 6.92 Å². The van der Waals surface area contributed by atoms with Crippen LogP contribution in [-0.2, 0) is 16.1 Å². The van der Waals surface area contributed by atoms with E-state index in [2.05, 4.69) is 15.4 Å². The first kappa shape index (κ1) is 10.2. The zero-order valence-electron chi connectivity index (χ0n) is 7.54. The highest BCUT2D eigenvalue weighted by molar-refractivity contribution is 5.82. The number of aliphatic carboxylic acids is 1. The highest BCUT2D eigenvalue weighted by Gasteiger charge is 2.13. The van der Waals surface area contributed by atoms with Gasteiger partial charge in [0.05, 0.1) is 0 Å². The molecule has 0 saturated heterocycles. The monoisotopic (exact) mass is 198 g/mol. The van der Waals surface area contributed by atoms with Crippen molar-refractivity contribution < 1.29 is 14.7 Å². The molecule has 0 unspecified atom stereocenters. The Hall–Kier alpha value is -1.92. The second-order valence-corrected chi connectivity index (χ2v) is 2.72. The van der Waals surface area contributed by atoms with Crippen molar-refractivity contribution in [3.63, 3.8) is 0 Å². The summed E-state index contributed by atoms with van der Waals surface area (Å²) in [5.41, 5.74) is 0. The molecule has 0 bridgehead atoms. The molecule has 14 heavy (non-hydrogen) atoms. The molecule has 0 fully saturated rings. The summed E-state index contributed by atoms with van der Waals surface area (Å²) in [5, 5.41) is 14.5. The maximum absolute atomic E-state index is 11.2. The molecule has 1 aromatic heterocycles. The van der Waals surface area contributed by atoms with Gasteiger partial charge in [-0.2, -0.15) is 5.10 Å². The zero-order chi connectivity index (χ0) is 10.6. The Morgan fingerprint density at radius 1 is 1.64 bits per heavy atom. The molecule has 7 heteroatoms. The predicted molar refractivity (Wildman–Crippen MR) is 45.3 cm³/mol. The van der Waals surface area contributed by atoms with Crippen molar-refractivity contribution in [2.75, 3.05) is 0 Å². The van der Waals surface area contributed by atoms with E-state index in [1.165, 1.54) is 24.3 Å². The van der Waals surface area contributed by atoms with Gasteiger partial charge in [-0.1, -0.05) is 0 Å². The number of rotatable bonds is 4. The molecule has 1 heterocycles. The average Bonchev–Trinajstić information content (AvgIpc) is 2.56. The van der Waals surface area contributed by atoms with Gasteiger partial charge in [-0.3, -0.25) is 9.59 Å². The average molecular weight is 198 g/mol. The van der Waals surface area contributed by atoms with E-state index in [9.17, 15) is 9.59 Å². The maximum atomic E-state index is 11.2. The molecular weight excluding hydrogens is 188 g/mol. The Morgan fingerprint density at radius 2 is 2.36 bits per heavy atom. The van der Waals surface area contributed by atoms with Crippen molar-refractivity contribution in [2.45, 2.75) is 19.5 Å². The smallest absolute Gasteiger partial charge is 0.325 e. The van der Waals surface area contributed by atoms with Crippen LogP contribution in [0.25, 0.3) is 0 Å². The van der Waals surface area contributed by atoms with Crippen LogP contribution in [0.1, 0.15) is 6.92 Å². The topological polar surface area (TPSA) is 97.1 Å². The van der Waals surface area contributed by atoms with Crippen molar-refractivity contribution in [2.24, 2.45) is 0 Å². The number of hydrogen-bond donors (Lipinski definition) is 2. The summed E-state index contributed by atoms with van der Waals surface area (Å²) in [6.45, 7) is 1.36. The van der Waals surface area contributed by atoms with Crippen LogP contribution in [0.5, 0.6) is 0 Å². The van der Waals surface area contributed by atoms with Crippen LogP contribution in [0, 0.1) is 0 Å². The summed E-state index contributed by atoms with van der Waals surface area (Å²) in [7, 11) is 0. The quantitative estimate of drug-likeness (QED) is 0.637. The lowest BCUT2D eigenvalue weighted by atomic mass is 10.3. The van der Waals surface area contributed by atoms with Crippen molar-refractivity contribution >= 4 is 11.9 Å². The van der Waals surface area contributed by atoms with Gasteiger partial charge in [0.1, 0.15) is 25.2 Å². The van der Waals surface area contributed by atoms with E-state index < -0.39 is 17.9 Å². The molecular formula is C7H10N4O3. The second kappa shape index (κ2) is 4.35. The van der Waals surface area contributed by atoms with Crippen molar-refractivity contribution in [3.8, 4) is 0 Å². The molecule has 1 amide bonds. The van der Waals surface area contributed by atoms with Gasteiger partial charge in [-0.25, -0.2) is 9.67 Å². The van der Waals surface area contributed by atoms with Crippen molar-refractivity contribution in [1.29, 1.82) is 0 Å². The first-order valence-electron chi connectivity index (χ1n) is 3.94. The number of aromatic nitrogens is 3. The van der Waals surface area contributed by atoms with E-state index >= 15 is 0 Å². The van der Waals surface area contributed by atoms with Crippen LogP contribution in [-0.4, -0.2) is 37.8 Å². The third-order valence-corrected chi connectivity index (χ3v) is 1.52. The lowest BCUT2D eigenvalue weighted by Crippen LogP contribution is -2.40. The van der Waals surface area contributed by atoms with Gasteiger partial charge in [0.25, 0.3) is 0 Å². The Bertz CT molecular complexity index is 322. The van der Waals surface area contributed by atoms with E-state index in [0.29, 0.717) is 0 Å². The minimum Gasteiger partial charge on any atom is -0.480 e.